The number of halogens is 2. The summed E-state index contributed by atoms with van der Waals surface area (Å²) in [5.74, 6) is -0.208. The zero-order valence-corrected chi connectivity index (χ0v) is 12.2. The summed E-state index contributed by atoms with van der Waals surface area (Å²) < 4.78 is 0. The smallest absolute Gasteiger partial charge is 0.246 e. The number of benzene rings is 1. The third kappa shape index (κ3) is 3.85. The van der Waals surface area contributed by atoms with Crippen molar-refractivity contribution < 1.29 is 4.79 Å². The van der Waals surface area contributed by atoms with Gasteiger partial charge in [-0.2, -0.15) is 0 Å². The van der Waals surface area contributed by atoms with E-state index in [1.54, 1.807) is 19.1 Å². The van der Waals surface area contributed by atoms with Crippen molar-refractivity contribution in [2.24, 2.45) is 0 Å². The first kappa shape index (κ1) is 14.6. The molecule has 1 amide bonds. The molecule has 1 aromatic heterocycles. The van der Waals surface area contributed by atoms with E-state index in [1.165, 1.54) is 0 Å². The lowest BCUT2D eigenvalue weighted by atomic mass is 10.2. The number of hydrogen-bond donors (Lipinski definition) is 2. The SMILES string of the molecule is C[C@H](Nc1ccccc1)C(=O)Nc1ccc(Cl)nc1Cl. The second-order valence-electron chi connectivity index (χ2n) is 4.19. The standard InChI is InChI=1S/C14H13Cl2N3O/c1-9(17-10-5-3-2-4-6-10)14(20)18-11-7-8-12(15)19-13(11)16/h2-9,17H,1H3,(H,18,20)/t9-/m0/s1. The van der Waals surface area contributed by atoms with Crippen molar-refractivity contribution in [3.8, 4) is 0 Å². The predicted molar refractivity (Wildman–Crippen MR) is 82.4 cm³/mol. The van der Waals surface area contributed by atoms with Crippen molar-refractivity contribution in [1.29, 1.82) is 0 Å². The number of hydrogen-bond acceptors (Lipinski definition) is 3. The van der Waals surface area contributed by atoms with E-state index in [9.17, 15) is 4.79 Å². The highest BCUT2D eigenvalue weighted by molar-refractivity contribution is 6.34. The molecule has 0 spiro atoms. The summed E-state index contributed by atoms with van der Waals surface area (Å²) in [4.78, 5) is 15.9. The fourth-order valence-electron chi connectivity index (χ4n) is 1.60. The Bertz CT molecular complexity index is 605. The third-order valence-corrected chi connectivity index (χ3v) is 3.12. The first-order chi connectivity index (χ1) is 9.56. The van der Waals surface area contributed by atoms with Crippen LogP contribution in [0.25, 0.3) is 0 Å². The number of aromatic nitrogens is 1. The number of rotatable bonds is 4. The van der Waals surface area contributed by atoms with Gasteiger partial charge in [-0.1, -0.05) is 41.4 Å². The summed E-state index contributed by atoms with van der Waals surface area (Å²) in [6.07, 6.45) is 0. The van der Waals surface area contributed by atoms with Gasteiger partial charge in [0.2, 0.25) is 5.91 Å². The first-order valence-electron chi connectivity index (χ1n) is 6.01. The lowest BCUT2D eigenvalue weighted by molar-refractivity contribution is -0.116. The highest BCUT2D eigenvalue weighted by Gasteiger charge is 2.14. The molecule has 0 aliphatic rings. The lowest BCUT2D eigenvalue weighted by Crippen LogP contribution is -2.32. The van der Waals surface area contributed by atoms with Crippen LogP contribution in [0.1, 0.15) is 6.92 Å². The Morgan fingerprint density at radius 2 is 1.85 bits per heavy atom. The molecular weight excluding hydrogens is 297 g/mol. The zero-order chi connectivity index (χ0) is 14.5. The number of carbonyl (C=O) groups excluding carboxylic acids is 1. The van der Waals surface area contributed by atoms with Gasteiger partial charge in [0.1, 0.15) is 11.2 Å². The van der Waals surface area contributed by atoms with E-state index >= 15 is 0 Å². The molecule has 0 saturated heterocycles. The number of pyridine rings is 1. The van der Waals surface area contributed by atoms with Gasteiger partial charge in [0.25, 0.3) is 0 Å². The number of para-hydroxylation sites is 1. The van der Waals surface area contributed by atoms with Gasteiger partial charge in [-0.05, 0) is 31.2 Å². The molecule has 0 radical (unpaired) electrons. The molecule has 0 unspecified atom stereocenters. The Balaban J connectivity index is 2.01. The van der Waals surface area contributed by atoms with Gasteiger partial charge in [-0.25, -0.2) is 4.98 Å². The number of carbonyl (C=O) groups is 1. The van der Waals surface area contributed by atoms with Crippen molar-refractivity contribution in [2.75, 3.05) is 10.6 Å². The van der Waals surface area contributed by atoms with Gasteiger partial charge in [0.05, 0.1) is 5.69 Å². The summed E-state index contributed by atoms with van der Waals surface area (Å²) >= 11 is 11.6. The lowest BCUT2D eigenvalue weighted by Gasteiger charge is -2.15. The van der Waals surface area contributed by atoms with Crippen molar-refractivity contribution >= 4 is 40.5 Å². The molecule has 0 aliphatic heterocycles. The molecule has 6 heteroatoms. The average Bonchev–Trinajstić information content (AvgIpc) is 2.43. The number of nitrogens with zero attached hydrogens (tertiary/aromatic N) is 1. The van der Waals surface area contributed by atoms with Crippen LogP contribution in [-0.2, 0) is 4.79 Å². The Hall–Kier alpha value is -1.78. The summed E-state index contributed by atoms with van der Waals surface area (Å²) in [6, 6.07) is 12.3. The van der Waals surface area contributed by atoms with Gasteiger partial charge in [0, 0.05) is 5.69 Å². The molecule has 0 bridgehead atoms. The predicted octanol–water partition coefficient (Wildman–Crippen LogP) is 3.83. The van der Waals surface area contributed by atoms with Crippen LogP contribution < -0.4 is 10.6 Å². The fourth-order valence-corrected chi connectivity index (χ4v) is 1.99. The maximum Gasteiger partial charge on any atom is 0.246 e. The molecule has 0 saturated carbocycles. The quantitative estimate of drug-likeness (QED) is 0.844. The fraction of sp³-hybridized carbons (Fsp3) is 0.143. The number of nitrogens with one attached hydrogen (secondary N) is 2. The summed E-state index contributed by atoms with van der Waals surface area (Å²) in [6.45, 7) is 1.76. The van der Waals surface area contributed by atoms with E-state index < -0.39 is 6.04 Å². The average molecular weight is 310 g/mol. The minimum absolute atomic E-state index is 0.165. The van der Waals surface area contributed by atoms with Crippen LogP contribution in [0.3, 0.4) is 0 Å². The van der Waals surface area contributed by atoms with Gasteiger partial charge in [-0.3, -0.25) is 4.79 Å². The van der Waals surface area contributed by atoms with Crippen LogP contribution >= 0.6 is 23.2 Å². The molecule has 1 aromatic carbocycles. The minimum Gasteiger partial charge on any atom is -0.374 e. The van der Waals surface area contributed by atoms with Crippen LogP contribution in [-0.4, -0.2) is 16.9 Å². The van der Waals surface area contributed by atoms with Crippen molar-refractivity contribution in [1.82, 2.24) is 4.98 Å². The molecule has 4 nitrogen and oxygen atoms in total. The summed E-state index contributed by atoms with van der Waals surface area (Å²) in [7, 11) is 0. The molecule has 104 valence electrons. The highest BCUT2D eigenvalue weighted by Crippen LogP contribution is 2.21. The Morgan fingerprint density at radius 3 is 2.50 bits per heavy atom. The number of anilines is 2. The van der Waals surface area contributed by atoms with Gasteiger partial charge in [0.15, 0.2) is 5.15 Å². The molecule has 20 heavy (non-hydrogen) atoms. The Labute approximate surface area is 127 Å². The molecule has 2 rings (SSSR count). The van der Waals surface area contributed by atoms with Crippen LogP contribution in [0.4, 0.5) is 11.4 Å². The zero-order valence-electron chi connectivity index (χ0n) is 10.7. The summed E-state index contributed by atoms with van der Waals surface area (Å²) in [5, 5.41) is 6.24. The molecule has 2 N–H and O–H groups in total. The third-order valence-electron chi connectivity index (χ3n) is 2.62. The number of amides is 1. The maximum atomic E-state index is 12.1. The van der Waals surface area contributed by atoms with Gasteiger partial charge in [-0.15, -0.1) is 0 Å². The Morgan fingerprint density at radius 1 is 1.15 bits per heavy atom. The van der Waals surface area contributed by atoms with Crippen LogP contribution in [0, 0.1) is 0 Å². The molecule has 2 aromatic rings. The molecule has 0 aliphatic carbocycles. The van der Waals surface area contributed by atoms with E-state index in [0.29, 0.717) is 5.69 Å². The van der Waals surface area contributed by atoms with E-state index in [0.717, 1.165) is 5.69 Å². The van der Waals surface area contributed by atoms with Crippen LogP contribution in [0.15, 0.2) is 42.5 Å². The van der Waals surface area contributed by atoms with E-state index in [2.05, 4.69) is 15.6 Å². The van der Waals surface area contributed by atoms with Gasteiger partial charge >= 0.3 is 0 Å². The van der Waals surface area contributed by atoms with Crippen LogP contribution in [0.2, 0.25) is 10.3 Å². The highest BCUT2D eigenvalue weighted by atomic mass is 35.5. The van der Waals surface area contributed by atoms with Gasteiger partial charge < -0.3 is 10.6 Å². The summed E-state index contributed by atoms with van der Waals surface area (Å²) in [5.41, 5.74) is 1.30. The molecule has 1 atom stereocenters. The van der Waals surface area contributed by atoms with E-state index in [1.807, 2.05) is 30.3 Å². The maximum absolute atomic E-state index is 12.1. The van der Waals surface area contributed by atoms with E-state index in [-0.39, 0.29) is 16.2 Å². The minimum atomic E-state index is -0.413. The molecule has 0 fully saturated rings. The second-order valence-corrected chi connectivity index (χ2v) is 4.94. The second kappa shape index (κ2) is 6.59. The molecular formula is C14H13Cl2N3O. The molecule has 1 heterocycles. The Kier molecular flexibility index (Phi) is 4.82. The topological polar surface area (TPSA) is 54.0 Å². The van der Waals surface area contributed by atoms with Crippen molar-refractivity contribution in [3.63, 3.8) is 0 Å². The monoisotopic (exact) mass is 309 g/mol. The first-order valence-corrected chi connectivity index (χ1v) is 6.76. The van der Waals surface area contributed by atoms with Crippen molar-refractivity contribution in [2.45, 2.75) is 13.0 Å². The van der Waals surface area contributed by atoms with E-state index in [4.69, 9.17) is 23.2 Å². The van der Waals surface area contributed by atoms with Crippen LogP contribution in [0.5, 0.6) is 0 Å². The normalized spacial score (nSPS) is 11.8. The van der Waals surface area contributed by atoms with Crippen molar-refractivity contribution in [3.05, 3.63) is 52.8 Å². The largest absolute Gasteiger partial charge is 0.374 e.